The van der Waals surface area contributed by atoms with Gasteiger partial charge in [0, 0.05) is 6.07 Å². The molecule has 0 saturated carbocycles. The predicted octanol–water partition coefficient (Wildman–Crippen LogP) is 4.65. The minimum Gasteiger partial charge on any atom is -0.508 e. The lowest BCUT2D eigenvalue weighted by atomic mass is 10.0. The number of ketones is 1. The van der Waals surface area contributed by atoms with Gasteiger partial charge < -0.3 is 14.9 Å². The van der Waals surface area contributed by atoms with Crippen molar-refractivity contribution in [3.63, 3.8) is 0 Å². The van der Waals surface area contributed by atoms with Crippen LogP contribution >= 0.6 is 0 Å². The molecule has 4 nitrogen and oxygen atoms in total. The largest absolute Gasteiger partial charge is 0.508 e. The van der Waals surface area contributed by atoms with Crippen LogP contribution in [-0.4, -0.2) is 23.1 Å². The van der Waals surface area contributed by atoms with Crippen molar-refractivity contribution in [2.75, 3.05) is 7.11 Å². The van der Waals surface area contributed by atoms with Gasteiger partial charge in [0.25, 0.3) is 0 Å². The van der Waals surface area contributed by atoms with E-state index in [1.165, 1.54) is 31.4 Å². The molecule has 2 rings (SSSR count). The number of phenolic OH excluding ortho intramolecular Hbond substituents is 2. The van der Waals surface area contributed by atoms with E-state index in [4.69, 9.17) is 4.74 Å². The fraction of sp³-hybridized carbons (Fsp3) is 0.190. The summed E-state index contributed by atoms with van der Waals surface area (Å²) in [7, 11) is 1.44. The SMILES string of the molecule is COc1ccc(/C=C/C(=O)c2cc(CC=C(C)C)c(O)cc2F)cc1O. The van der Waals surface area contributed by atoms with Crippen molar-refractivity contribution in [1.29, 1.82) is 0 Å². The van der Waals surface area contributed by atoms with Crippen LogP contribution in [0.2, 0.25) is 0 Å². The topological polar surface area (TPSA) is 66.8 Å². The van der Waals surface area contributed by atoms with Gasteiger partial charge in [0.05, 0.1) is 12.7 Å². The van der Waals surface area contributed by atoms with Crippen molar-refractivity contribution in [3.05, 3.63) is 70.6 Å². The first-order chi connectivity index (χ1) is 12.3. The molecule has 0 saturated heterocycles. The summed E-state index contributed by atoms with van der Waals surface area (Å²) in [5, 5.41) is 19.6. The molecule has 5 heteroatoms. The number of hydrogen-bond donors (Lipinski definition) is 2. The molecule has 26 heavy (non-hydrogen) atoms. The zero-order valence-corrected chi connectivity index (χ0v) is 14.9. The van der Waals surface area contributed by atoms with Gasteiger partial charge in [0.15, 0.2) is 17.3 Å². The number of aromatic hydroxyl groups is 2. The molecular formula is C21H21FO4. The molecule has 0 unspecified atom stereocenters. The molecule has 0 aliphatic carbocycles. The van der Waals surface area contributed by atoms with E-state index in [1.807, 2.05) is 19.9 Å². The molecule has 0 amide bonds. The first-order valence-electron chi connectivity index (χ1n) is 8.06. The zero-order chi connectivity index (χ0) is 19.3. The minimum absolute atomic E-state index is 0.0538. The van der Waals surface area contributed by atoms with Gasteiger partial charge in [-0.15, -0.1) is 0 Å². The Hall–Kier alpha value is -3.08. The van der Waals surface area contributed by atoms with E-state index < -0.39 is 11.6 Å². The third kappa shape index (κ3) is 4.72. The second-order valence-corrected chi connectivity index (χ2v) is 6.08. The van der Waals surface area contributed by atoms with Crippen molar-refractivity contribution in [3.8, 4) is 17.2 Å². The number of hydrogen-bond acceptors (Lipinski definition) is 4. The summed E-state index contributed by atoms with van der Waals surface area (Å²) in [6.45, 7) is 3.83. The van der Waals surface area contributed by atoms with Crippen molar-refractivity contribution >= 4 is 11.9 Å². The Balaban J connectivity index is 2.27. The Morgan fingerprint density at radius 3 is 2.50 bits per heavy atom. The van der Waals surface area contributed by atoms with Gasteiger partial charge in [-0.3, -0.25) is 4.79 Å². The van der Waals surface area contributed by atoms with Crippen LogP contribution in [0.15, 0.2) is 48.1 Å². The van der Waals surface area contributed by atoms with Gasteiger partial charge >= 0.3 is 0 Å². The number of allylic oxidation sites excluding steroid dienone is 3. The molecule has 0 heterocycles. The van der Waals surface area contributed by atoms with Gasteiger partial charge in [-0.1, -0.05) is 23.8 Å². The van der Waals surface area contributed by atoms with E-state index in [-0.39, 0.29) is 17.1 Å². The summed E-state index contributed by atoms with van der Waals surface area (Å²) in [6, 6.07) is 6.99. The Morgan fingerprint density at radius 2 is 1.88 bits per heavy atom. The highest BCUT2D eigenvalue weighted by molar-refractivity contribution is 6.07. The molecule has 136 valence electrons. The van der Waals surface area contributed by atoms with Gasteiger partial charge in [0.2, 0.25) is 0 Å². The van der Waals surface area contributed by atoms with Crippen LogP contribution in [0.3, 0.4) is 0 Å². The average molecular weight is 356 g/mol. The van der Waals surface area contributed by atoms with Crippen LogP contribution in [0.1, 0.15) is 35.3 Å². The Morgan fingerprint density at radius 1 is 1.15 bits per heavy atom. The molecule has 0 radical (unpaired) electrons. The van der Waals surface area contributed by atoms with Crippen molar-refractivity contribution in [1.82, 2.24) is 0 Å². The van der Waals surface area contributed by atoms with E-state index in [9.17, 15) is 19.4 Å². The molecule has 2 N–H and O–H groups in total. The molecular weight excluding hydrogens is 335 g/mol. The standard InChI is InChI=1S/C21H21FO4/c1-13(2)4-7-15-11-16(17(22)12-19(15)24)18(23)8-5-14-6-9-21(26-3)20(25)10-14/h4-6,8-12,24-25H,7H2,1-3H3/b8-5+. The second-order valence-electron chi connectivity index (χ2n) is 6.08. The summed E-state index contributed by atoms with van der Waals surface area (Å²) < 4.78 is 19.0. The Labute approximate surface area is 151 Å². The monoisotopic (exact) mass is 356 g/mol. The predicted molar refractivity (Wildman–Crippen MR) is 99.2 cm³/mol. The van der Waals surface area contributed by atoms with E-state index in [0.29, 0.717) is 23.3 Å². The van der Waals surface area contributed by atoms with Crippen LogP contribution < -0.4 is 4.74 Å². The lowest BCUT2D eigenvalue weighted by molar-refractivity contribution is 0.104. The number of benzene rings is 2. The van der Waals surface area contributed by atoms with Crippen LogP contribution in [0.5, 0.6) is 17.2 Å². The van der Waals surface area contributed by atoms with Crippen LogP contribution in [0.25, 0.3) is 6.08 Å². The van der Waals surface area contributed by atoms with E-state index in [2.05, 4.69) is 0 Å². The summed E-state index contributed by atoms with van der Waals surface area (Å²) in [4.78, 5) is 12.3. The smallest absolute Gasteiger partial charge is 0.188 e. The first-order valence-corrected chi connectivity index (χ1v) is 8.06. The number of phenols is 2. The molecule has 0 aromatic heterocycles. The summed E-state index contributed by atoms with van der Waals surface area (Å²) in [6.07, 6.45) is 4.99. The molecule has 0 atom stereocenters. The highest BCUT2D eigenvalue weighted by atomic mass is 19.1. The number of carbonyl (C=O) groups excluding carboxylic acids is 1. The fourth-order valence-corrected chi connectivity index (χ4v) is 2.35. The lowest BCUT2D eigenvalue weighted by Crippen LogP contribution is -2.01. The van der Waals surface area contributed by atoms with E-state index >= 15 is 0 Å². The summed E-state index contributed by atoms with van der Waals surface area (Å²) in [5.74, 6) is -1.23. The Kier molecular flexibility index (Phi) is 6.17. The maximum absolute atomic E-state index is 14.1. The number of halogens is 1. The third-order valence-electron chi connectivity index (χ3n) is 3.79. The second kappa shape index (κ2) is 8.34. The molecule has 0 fully saturated rings. The number of ether oxygens (including phenoxy) is 1. The fourth-order valence-electron chi connectivity index (χ4n) is 2.35. The number of carbonyl (C=O) groups is 1. The van der Waals surface area contributed by atoms with Gasteiger partial charge in [-0.25, -0.2) is 4.39 Å². The number of rotatable bonds is 6. The maximum atomic E-state index is 14.1. The van der Waals surface area contributed by atoms with E-state index in [1.54, 1.807) is 12.1 Å². The van der Waals surface area contributed by atoms with Crippen LogP contribution in [0, 0.1) is 5.82 Å². The average Bonchev–Trinajstić information content (AvgIpc) is 2.59. The van der Waals surface area contributed by atoms with Crippen molar-refractivity contribution < 1.29 is 24.1 Å². The zero-order valence-electron chi connectivity index (χ0n) is 14.9. The van der Waals surface area contributed by atoms with Gasteiger partial charge in [0.1, 0.15) is 11.6 Å². The quantitative estimate of drug-likeness (QED) is 0.449. The normalized spacial score (nSPS) is 10.8. The van der Waals surface area contributed by atoms with Gasteiger partial charge in [-0.05, 0) is 55.7 Å². The van der Waals surface area contributed by atoms with Crippen molar-refractivity contribution in [2.45, 2.75) is 20.3 Å². The highest BCUT2D eigenvalue weighted by Gasteiger charge is 2.13. The summed E-state index contributed by atoms with van der Waals surface area (Å²) >= 11 is 0. The molecule has 0 aliphatic heterocycles. The molecule has 2 aromatic rings. The van der Waals surface area contributed by atoms with Crippen LogP contribution in [-0.2, 0) is 6.42 Å². The lowest BCUT2D eigenvalue weighted by Gasteiger charge is -2.06. The summed E-state index contributed by atoms with van der Waals surface area (Å²) in [5.41, 5.74) is 1.99. The van der Waals surface area contributed by atoms with Crippen molar-refractivity contribution in [2.24, 2.45) is 0 Å². The van der Waals surface area contributed by atoms with E-state index in [0.717, 1.165) is 11.6 Å². The molecule has 0 bridgehead atoms. The molecule has 0 spiro atoms. The number of methoxy groups -OCH3 is 1. The first kappa shape index (κ1) is 19.2. The Bertz CT molecular complexity index is 878. The third-order valence-corrected chi connectivity index (χ3v) is 3.79. The minimum atomic E-state index is -0.782. The highest BCUT2D eigenvalue weighted by Crippen LogP contribution is 2.27. The maximum Gasteiger partial charge on any atom is 0.188 e. The van der Waals surface area contributed by atoms with Crippen LogP contribution in [0.4, 0.5) is 4.39 Å². The van der Waals surface area contributed by atoms with Gasteiger partial charge in [-0.2, -0.15) is 0 Å². The molecule has 2 aromatic carbocycles. The molecule has 0 aliphatic rings.